The Balaban J connectivity index is 3.63. The second-order valence-corrected chi connectivity index (χ2v) is 3.36. The lowest BCUT2D eigenvalue weighted by Gasteiger charge is -2.30. The molecule has 0 saturated heterocycles. The zero-order valence-electron chi connectivity index (χ0n) is 7.57. The van der Waals surface area contributed by atoms with E-state index in [1.54, 1.807) is 0 Å². The fourth-order valence-electron chi connectivity index (χ4n) is 0.598. The molecule has 1 unspecified atom stereocenters. The highest BCUT2D eigenvalue weighted by Crippen LogP contribution is 2.08. The van der Waals surface area contributed by atoms with Gasteiger partial charge in [0, 0.05) is 0 Å². The first-order chi connectivity index (χ1) is 4.50. The maximum atomic E-state index is 5.93. The van der Waals surface area contributed by atoms with Gasteiger partial charge in [-0.15, -0.1) is 0 Å². The van der Waals surface area contributed by atoms with Crippen molar-refractivity contribution in [2.45, 2.75) is 39.8 Å². The van der Waals surface area contributed by atoms with Crippen molar-refractivity contribution in [3.63, 3.8) is 0 Å². The molecule has 0 heterocycles. The van der Waals surface area contributed by atoms with E-state index < -0.39 is 0 Å². The van der Waals surface area contributed by atoms with Crippen molar-refractivity contribution >= 4 is 0 Å². The standard InChI is InChI=1S/C8H20N2/c1-5-6-10-8(4,9)7(2)3/h7,10H,5-6,9H2,1-4H3. The van der Waals surface area contributed by atoms with Gasteiger partial charge in [0.2, 0.25) is 0 Å². The summed E-state index contributed by atoms with van der Waals surface area (Å²) in [5, 5.41) is 3.29. The summed E-state index contributed by atoms with van der Waals surface area (Å²) in [6.07, 6.45) is 1.14. The van der Waals surface area contributed by atoms with Gasteiger partial charge >= 0.3 is 0 Å². The Labute approximate surface area is 64.2 Å². The highest BCUT2D eigenvalue weighted by Gasteiger charge is 2.20. The number of nitrogens with one attached hydrogen (secondary N) is 1. The lowest BCUT2D eigenvalue weighted by molar-refractivity contribution is 0.271. The van der Waals surface area contributed by atoms with Crippen molar-refractivity contribution in [2.24, 2.45) is 11.7 Å². The van der Waals surface area contributed by atoms with Crippen molar-refractivity contribution in [3.8, 4) is 0 Å². The predicted molar refractivity (Wildman–Crippen MR) is 45.7 cm³/mol. The van der Waals surface area contributed by atoms with E-state index in [-0.39, 0.29) is 5.66 Å². The first-order valence-electron chi connectivity index (χ1n) is 4.04. The van der Waals surface area contributed by atoms with Gasteiger partial charge in [0.05, 0.1) is 5.66 Å². The molecule has 0 aromatic rings. The lowest BCUT2D eigenvalue weighted by Crippen LogP contribution is -2.55. The van der Waals surface area contributed by atoms with Gasteiger partial charge in [-0.3, -0.25) is 5.32 Å². The Morgan fingerprint density at radius 1 is 1.50 bits per heavy atom. The minimum Gasteiger partial charge on any atom is -0.313 e. The van der Waals surface area contributed by atoms with Crippen molar-refractivity contribution < 1.29 is 0 Å². The third-order valence-corrected chi connectivity index (χ3v) is 1.96. The van der Waals surface area contributed by atoms with Crippen molar-refractivity contribution in [1.29, 1.82) is 0 Å². The van der Waals surface area contributed by atoms with E-state index in [2.05, 4.69) is 26.1 Å². The maximum absolute atomic E-state index is 5.93. The van der Waals surface area contributed by atoms with E-state index in [9.17, 15) is 0 Å². The maximum Gasteiger partial charge on any atom is 0.0656 e. The van der Waals surface area contributed by atoms with Crippen LogP contribution in [0.15, 0.2) is 0 Å². The summed E-state index contributed by atoms with van der Waals surface area (Å²) in [4.78, 5) is 0. The molecule has 0 aromatic heterocycles. The molecule has 0 spiro atoms. The molecule has 1 atom stereocenters. The van der Waals surface area contributed by atoms with Crippen molar-refractivity contribution in [3.05, 3.63) is 0 Å². The van der Waals surface area contributed by atoms with E-state index in [0.717, 1.165) is 13.0 Å². The van der Waals surface area contributed by atoms with Gasteiger partial charge in [-0.1, -0.05) is 20.8 Å². The summed E-state index contributed by atoms with van der Waals surface area (Å²) >= 11 is 0. The molecule has 0 amide bonds. The first-order valence-corrected chi connectivity index (χ1v) is 4.04. The number of nitrogens with two attached hydrogens (primary N) is 1. The molecular formula is C8H20N2. The SMILES string of the molecule is CCCNC(C)(N)C(C)C. The van der Waals surface area contributed by atoms with Gasteiger partial charge in [0.25, 0.3) is 0 Å². The fraction of sp³-hybridized carbons (Fsp3) is 1.00. The highest BCUT2D eigenvalue weighted by molar-refractivity contribution is 4.78. The largest absolute Gasteiger partial charge is 0.313 e. The molecule has 2 heteroatoms. The molecular weight excluding hydrogens is 124 g/mol. The van der Waals surface area contributed by atoms with Crippen LogP contribution < -0.4 is 11.1 Å². The molecule has 0 fully saturated rings. The Hall–Kier alpha value is -0.0800. The second-order valence-electron chi connectivity index (χ2n) is 3.36. The van der Waals surface area contributed by atoms with Gasteiger partial charge in [-0.2, -0.15) is 0 Å². The van der Waals surface area contributed by atoms with Crippen LogP contribution in [-0.4, -0.2) is 12.2 Å². The van der Waals surface area contributed by atoms with Crippen LogP contribution >= 0.6 is 0 Å². The average Bonchev–Trinajstić information content (AvgIpc) is 1.84. The number of rotatable bonds is 4. The molecule has 10 heavy (non-hydrogen) atoms. The van der Waals surface area contributed by atoms with Gasteiger partial charge < -0.3 is 5.73 Å². The van der Waals surface area contributed by atoms with E-state index >= 15 is 0 Å². The summed E-state index contributed by atoms with van der Waals surface area (Å²) in [6, 6.07) is 0. The van der Waals surface area contributed by atoms with Gasteiger partial charge in [0.1, 0.15) is 0 Å². The van der Waals surface area contributed by atoms with Crippen molar-refractivity contribution in [2.75, 3.05) is 6.54 Å². The molecule has 3 N–H and O–H groups in total. The second kappa shape index (κ2) is 3.94. The van der Waals surface area contributed by atoms with Crippen LogP contribution in [0, 0.1) is 5.92 Å². The summed E-state index contributed by atoms with van der Waals surface area (Å²) in [5.74, 6) is 0.485. The molecule has 0 aliphatic rings. The molecule has 0 aliphatic heterocycles. The fourth-order valence-corrected chi connectivity index (χ4v) is 0.598. The average molecular weight is 144 g/mol. The van der Waals surface area contributed by atoms with Gasteiger partial charge in [-0.05, 0) is 25.8 Å². The van der Waals surface area contributed by atoms with Crippen LogP contribution in [0.2, 0.25) is 0 Å². The van der Waals surface area contributed by atoms with Crippen LogP contribution in [-0.2, 0) is 0 Å². The Kier molecular flexibility index (Phi) is 3.91. The molecule has 0 aromatic carbocycles. The zero-order valence-corrected chi connectivity index (χ0v) is 7.57. The van der Waals surface area contributed by atoms with Crippen LogP contribution in [0.4, 0.5) is 0 Å². The molecule has 62 valence electrons. The summed E-state index contributed by atoms with van der Waals surface area (Å²) < 4.78 is 0. The quantitative estimate of drug-likeness (QED) is 0.584. The number of hydrogen-bond donors (Lipinski definition) is 2. The Morgan fingerprint density at radius 3 is 2.30 bits per heavy atom. The van der Waals surface area contributed by atoms with Crippen molar-refractivity contribution in [1.82, 2.24) is 5.32 Å². The van der Waals surface area contributed by atoms with Crippen LogP contribution in [0.5, 0.6) is 0 Å². The molecule has 0 radical (unpaired) electrons. The first kappa shape index (κ1) is 9.92. The van der Waals surface area contributed by atoms with Crippen LogP contribution in [0.3, 0.4) is 0 Å². The lowest BCUT2D eigenvalue weighted by atomic mass is 9.99. The third-order valence-electron chi connectivity index (χ3n) is 1.96. The molecule has 0 bridgehead atoms. The monoisotopic (exact) mass is 144 g/mol. The van der Waals surface area contributed by atoms with E-state index in [1.165, 1.54) is 0 Å². The summed E-state index contributed by atoms with van der Waals surface area (Å²) in [5.41, 5.74) is 5.74. The minimum atomic E-state index is -0.198. The summed E-state index contributed by atoms with van der Waals surface area (Å²) in [7, 11) is 0. The molecule has 0 aliphatic carbocycles. The normalized spacial score (nSPS) is 17.4. The third kappa shape index (κ3) is 3.18. The van der Waals surface area contributed by atoms with Gasteiger partial charge in [0.15, 0.2) is 0 Å². The molecule has 2 nitrogen and oxygen atoms in total. The zero-order chi connectivity index (χ0) is 8.20. The number of hydrogen-bond acceptors (Lipinski definition) is 2. The molecule has 0 rings (SSSR count). The highest BCUT2D eigenvalue weighted by atomic mass is 15.1. The van der Waals surface area contributed by atoms with E-state index in [1.807, 2.05) is 6.92 Å². The predicted octanol–water partition coefficient (Wildman–Crippen LogP) is 1.32. The van der Waals surface area contributed by atoms with E-state index in [4.69, 9.17) is 5.73 Å². The van der Waals surface area contributed by atoms with Crippen LogP contribution in [0.25, 0.3) is 0 Å². The minimum absolute atomic E-state index is 0.198. The van der Waals surface area contributed by atoms with E-state index in [0.29, 0.717) is 5.92 Å². The Morgan fingerprint density at radius 2 is 2.00 bits per heavy atom. The topological polar surface area (TPSA) is 38.0 Å². The Bertz CT molecular complexity index is 87.3. The molecule has 0 saturated carbocycles. The van der Waals surface area contributed by atoms with Gasteiger partial charge in [-0.25, -0.2) is 0 Å². The van der Waals surface area contributed by atoms with Crippen LogP contribution in [0.1, 0.15) is 34.1 Å². The smallest absolute Gasteiger partial charge is 0.0656 e. The summed E-state index contributed by atoms with van der Waals surface area (Å²) in [6.45, 7) is 9.44.